The van der Waals surface area contributed by atoms with Crippen molar-refractivity contribution in [3.05, 3.63) is 64.2 Å². The molecule has 0 fully saturated rings. The summed E-state index contributed by atoms with van der Waals surface area (Å²) in [5, 5.41) is 15.0. The van der Waals surface area contributed by atoms with Crippen molar-refractivity contribution in [3.8, 4) is 0 Å². The number of amides is 2. The fourth-order valence-electron chi connectivity index (χ4n) is 3.71. The molecule has 0 aliphatic heterocycles. The van der Waals surface area contributed by atoms with E-state index in [2.05, 4.69) is 20.8 Å². The van der Waals surface area contributed by atoms with Gasteiger partial charge in [-0.25, -0.2) is 4.39 Å². The summed E-state index contributed by atoms with van der Waals surface area (Å²) in [4.78, 5) is 38.5. The van der Waals surface area contributed by atoms with E-state index in [9.17, 15) is 18.8 Å². The van der Waals surface area contributed by atoms with Gasteiger partial charge in [0.15, 0.2) is 5.16 Å². The molecule has 2 aromatic carbocycles. The van der Waals surface area contributed by atoms with Crippen LogP contribution in [0.1, 0.15) is 44.0 Å². The minimum absolute atomic E-state index is 0.00594. The summed E-state index contributed by atoms with van der Waals surface area (Å²) in [7, 11) is 0. The molecule has 36 heavy (non-hydrogen) atoms. The van der Waals surface area contributed by atoms with Crippen molar-refractivity contribution < 1.29 is 14.0 Å². The molecule has 0 bridgehead atoms. The molecule has 2 aromatic heterocycles. The number of rotatable bonds is 9. The Hall–Kier alpha value is -3.73. The van der Waals surface area contributed by atoms with Crippen LogP contribution < -0.4 is 16.2 Å². The number of aryl methyl sites for hydroxylation is 1. The van der Waals surface area contributed by atoms with E-state index in [1.807, 2.05) is 20.8 Å². The summed E-state index contributed by atoms with van der Waals surface area (Å²) in [6.07, 6.45) is 1.50. The van der Waals surface area contributed by atoms with Crippen LogP contribution in [0.4, 0.5) is 10.1 Å². The maximum absolute atomic E-state index is 13.2. The first kappa shape index (κ1) is 25.4. The van der Waals surface area contributed by atoms with Crippen LogP contribution in [0.5, 0.6) is 0 Å². The molecule has 0 spiro atoms. The van der Waals surface area contributed by atoms with Crippen LogP contribution in [0.15, 0.2) is 52.4 Å². The van der Waals surface area contributed by atoms with Crippen molar-refractivity contribution in [2.75, 3.05) is 11.1 Å². The standard InChI is InChI=1S/C25H27FN6O3S/c1-4-12-31-23(35)19-11-6-16(22(34)27-15(3)5-2)13-20(19)32-24(31)29-30-25(32)36-14-21(33)28-18-9-7-17(26)8-10-18/h6-11,13,15H,4-5,12,14H2,1-3H3,(H,27,34)(H,28,33). The van der Waals surface area contributed by atoms with Gasteiger partial charge in [-0.2, -0.15) is 0 Å². The summed E-state index contributed by atoms with van der Waals surface area (Å²) < 4.78 is 16.4. The summed E-state index contributed by atoms with van der Waals surface area (Å²) >= 11 is 1.15. The highest BCUT2D eigenvalue weighted by atomic mass is 32.2. The lowest BCUT2D eigenvalue weighted by Gasteiger charge is -2.14. The maximum atomic E-state index is 13.2. The number of carbonyl (C=O) groups is 2. The van der Waals surface area contributed by atoms with Gasteiger partial charge in [0.2, 0.25) is 11.7 Å². The molecule has 2 amide bonds. The fraction of sp³-hybridized carbons (Fsp3) is 0.320. The third kappa shape index (κ3) is 5.25. The van der Waals surface area contributed by atoms with Crippen molar-refractivity contribution >= 4 is 45.9 Å². The number of hydrogen-bond donors (Lipinski definition) is 2. The average molecular weight is 511 g/mol. The highest BCUT2D eigenvalue weighted by Gasteiger charge is 2.19. The van der Waals surface area contributed by atoms with Crippen LogP contribution in [0, 0.1) is 5.82 Å². The first-order valence-corrected chi connectivity index (χ1v) is 12.7. The van der Waals surface area contributed by atoms with E-state index in [1.54, 1.807) is 27.2 Å². The molecule has 0 aliphatic rings. The lowest BCUT2D eigenvalue weighted by atomic mass is 10.1. The van der Waals surface area contributed by atoms with Gasteiger partial charge in [-0.05, 0) is 62.2 Å². The first-order chi connectivity index (χ1) is 17.3. The van der Waals surface area contributed by atoms with Gasteiger partial charge in [-0.1, -0.05) is 25.6 Å². The smallest absolute Gasteiger partial charge is 0.262 e. The molecule has 188 valence electrons. The predicted octanol–water partition coefficient (Wildman–Crippen LogP) is 3.85. The van der Waals surface area contributed by atoms with Gasteiger partial charge in [0.25, 0.3) is 11.5 Å². The number of fused-ring (bicyclic) bond motifs is 3. The van der Waals surface area contributed by atoms with Gasteiger partial charge in [0.1, 0.15) is 5.82 Å². The Morgan fingerprint density at radius 1 is 1.11 bits per heavy atom. The Kier molecular flexibility index (Phi) is 7.68. The Balaban J connectivity index is 1.71. The predicted molar refractivity (Wildman–Crippen MR) is 138 cm³/mol. The lowest BCUT2D eigenvalue weighted by Crippen LogP contribution is -2.32. The highest BCUT2D eigenvalue weighted by molar-refractivity contribution is 7.99. The zero-order chi connectivity index (χ0) is 25.8. The zero-order valence-electron chi connectivity index (χ0n) is 20.2. The van der Waals surface area contributed by atoms with Crippen LogP contribution in [0.3, 0.4) is 0 Å². The van der Waals surface area contributed by atoms with Crippen molar-refractivity contribution in [1.82, 2.24) is 24.5 Å². The molecule has 0 saturated heterocycles. The average Bonchev–Trinajstić information content (AvgIpc) is 3.30. The molecule has 0 aliphatic carbocycles. The summed E-state index contributed by atoms with van der Waals surface area (Å²) in [5.74, 6) is -0.572. The number of benzene rings is 2. The Morgan fingerprint density at radius 2 is 1.86 bits per heavy atom. The van der Waals surface area contributed by atoms with E-state index in [1.165, 1.54) is 24.3 Å². The minimum Gasteiger partial charge on any atom is -0.350 e. The van der Waals surface area contributed by atoms with Crippen molar-refractivity contribution in [1.29, 1.82) is 0 Å². The summed E-state index contributed by atoms with van der Waals surface area (Å²) in [5.41, 5.74) is 1.17. The van der Waals surface area contributed by atoms with E-state index in [4.69, 9.17) is 0 Å². The number of nitrogens with one attached hydrogen (secondary N) is 2. The van der Waals surface area contributed by atoms with Gasteiger partial charge < -0.3 is 10.6 Å². The minimum atomic E-state index is -0.389. The molecule has 4 aromatic rings. The molecule has 2 heterocycles. The van der Waals surface area contributed by atoms with E-state index in [0.717, 1.165) is 18.2 Å². The lowest BCUT2D eigenvalue weighted by molar-refractivity contribution is -0.113. The number of hydrogen-bond acceptors (Lipinski definition) is 6. The van der Waals surface area contributed by atoms with E-state index in [-0.39, 0.29) is 35.0 Å². The third-order valence-electron chi connectivity index (χ3n) is 5.73. The zero-order valence-corrected chi connectivity index (χ0v) is 21.1. The maximum Gasteiger partial charge on any atom is 0.262 e. The monoisotopic (exact) mass is 510 g/mol. The number of thioether (sulfide) groups is 1. The number of nitrogens with zero attached hydrogens (tertiary/aromatic N) is 4. The Bertz CT molecular complexity index is 1480. The Morgan fingerprint density at radius 3 is 2.56 bits per heavy atom. The molecular weight excluding hydrogens is 483 g/mol. The van der Waals surface area contributed by atoms with Crippen LogP contribution in [0.2, 0.25) is 0 Å². The molecular formula is C25H27FN6O3S. The quantitative estimate of drug-likeness (QED) is 0.331. The van der Waals surface area contributed by atoms with Gasteiger partial charge in [0, 0.05) is 23.8 Å². The summed E-state index contributed by atoms with van der Waals surface area (Å²) in [6, 6.07) is 10.4. The second-order valence-corrected chi connectivity index (χ2v) is 9.38. The number of halogens is 1. The van der Waals surface area contributed by atoms with Gasteiger partial charge >= 0.3 is 0 Å². The molecule has 11 heteroatoms. The summed E-state index contributed by atoms with van der Waals surface area (Å²) in [6.45, 7) is 6.31. The second kappa shape index (κ2) is 10.9. The third-order valence-corrected chi connectivity index (χ3v) is 6.66. The van der Waals surface area contributed by atoms with Crippen molar-refractivity contribution in [2.45, 2.75) is 51.4 Å². The van der Waals surface area contributed by atoms with Crippen molar-refractivity contribution in [3.63, 3.8) is 0 Å². The van der Waals surface area contributed by atoms with E-state index >= 15 is 0 Å². The molecule has 0 saturated carbocycles. The van der Waals surface area contributed by atoms with Crippen LogP contribution >= 0.6 is 11.8 Å². The van der Waals surface area contributed by atoms with Gasteiger partial charge in [-0.3, -0.25) is 23.4 Å². The molecule has 2 N–H and O–H groups in total. The number of anilines is 1. The molecule has 0 radical (unpaired) electrons. The SMILES string of the molecule is CCCn1c(=O)c2ccc(C(=O)NC(C)CC)cc2n2c(SCC(=O)Nc3ccc(F)cc3)nnc12. The van der Waals surface area contributed by atoms with E-state index in [0.29, 0.717) is 46.1 Å². The topological polar surface area (TPSA) is 110 Å². The first-order valence-electron chi connectivity index (χ1n) is 11.7. The van der Waals surface area contributed by atoms with Gasteiger partial charge in [-0.15, -0.1) is 10.2 Å². The van der Waals surface area contributed by atoms with Crippen LogP contribution in [0.25, 0.3) is 16.7 Å². The van der Waals surface area contributed by atoms with Crippen LogP contribution in [-0.2, 0) is 11.3 Å². The van der Waals surface area contributed by atoms with Gasteiger partial charge in [0.05, 0.1) is 16.7 Å². The highest BCUT2D eigenvalue weighted by Crippen LogP contribution is 2.23. The molecule has 4 rings (SSSR count). The van der Waals surface area contributed by atoms with E-state index < -0.39 is 0 Å². The number of carbonyl (C=O) groups excluding carboxylic acids is 2. The second-order valence-electron chi connectivity index (χ2n) is 8.43. The normalized spacial score (nSPS) is 12.1. The van der Waals surface area contributed by atoms with Crippen LogP contribution in [-0.4, -0.2) is 42.8 Å². The number of aromatic nitrogens is 4. The molecule has 1 atom stereocenters. The fourth-order valence-corrected chi connectivity index (χ4v) is 4.45. The largest absolute Gasteiger partial charge is 0.350 e. The Labute approximate surface area is 211 Å². The molecule has 1 unspecified atom stereocenters. The van der Waals surface area contributed by atoms with Crippen molar-refractivity contribution in [2.24, 2.45) is 0 Å². The molecule has 9 nitrogen and oxygen atoms in total.